The van der Waals surface area contributed by atoms with Crippen molar-refractivity contribution in [1.29, 1.82) is 0 Å². The average molecular weight is 238 g/mol. The number of ether oxygens (including phenoxy) is 1. The average Bonchev–Trinajstić information content (AvgIpc) is 2.88. The quantitative estimate of drug-likeness (QED) is 0.757. The van der Waals surface area contributed by atoms with E-state index in [9.17, 15) is 0 Å². The van der Waals surface area contributed by atoms with Gasteiger partial charge in [-0.15, -0.1) is 5.10 Å². The fourth-order valence-electron chi connectivity index (χ4n) is 2.25. The van der Waals surface area contributed by atoms with E-state index in [1.807, 2.05) is 10.9 Å². The molecule has 0 radical (unpaired) electrons. The number of aryl methyl sites for hydroxylation is 1. The standard InChI is InChI=1S/C12H22N4O/c1-2-12-10-11(4-9-17-12)13-5-3-7-16-8-6-14-15-16/h6,8,11-13H,2-5,7,9-10H2,1H3. The predicted molar refractivity (Wildman–Crippen MR) is 65.7 cm³/mol. The molecule has 1 aliphatic rings. The van der Waals surface area contributed by atoms with Crippen LogP contribution in [0.5, 0.6) is 0 Å². The van der Waals surface area contributed by atoms with Crippen LogP contribution >= 0.6 is 0 Å². The molecule has 5 nitrogen and oxygen atoms in total. The smallest absolute Gasteiger partial charge is 0.0692 e. The summed E-state index contributed by atoms with van der Waals surface area (Å²) in [4.78, 5) is 0. The first-order valence-electron chi connectivity index (χ1n) is 6.57. The summed E-state index contributed by atoms with van der Waals surface area (Å²) >= 11 is 0. The molecular formula is C12H22N4O. The molecule has 1 aromatic heterocycles. The van der Waals surface area contributed by atoms with Gasteiger partial charge in [0.1, 0.15) is 0 Å². The molecular weight excluding hydrogens is 216 g/mol. The SMILES string of the molecule is CCC1CC(NCCCn2ccnn2)CCO1. The lowest BCUT2D eigenvalue weighted by Crippen LogP contribution is -2.39. The first-order valence-corrected chi connectivity index (χ1v) is 6.57. The highest BCUT2D eigenvalue weighted by molar-refractivity contribution is 4.76. The first kappa shape index (κ1) is 12.5. The number of aromatic nitrogens is 3. The minimum absolute atomic E-state index is 0.455. The van der Waals surface area contributed by atoms with Crippen molar-refractivity contribution in [3.63, 3.8) is 0 Å². The maximum absolute atomic E-state index is 5.66. The second kappa shape index (κ2) is 6.71. The lowest BCUT2D eigenvalue weighted by Gasteiger charge is -2.29. The van der Waals surface area contributed by atoms with Crippen molar-refractivity contribution in [3.05, 3.63) is 12.4 Å². The summed E-state index contributed by atoms with van der Waals surface area (Å²) in [5, 5.41) is 11.3. The predicted octanol–water partition coefficient (Wildman–Crippen LogP) is 1.22. The van der Waals surface area contributed by atoms with Gasteiger partial charge in [-0.05, 0) is 32.2 Å². The normalized spacial score (nSPS) is 25.0. The van der Waals surface area contributed by atoms with Crippen molar-refractivity contribution in [3.8, 4) is 0 Å². The highest BCUT2D eigenvalue weighted by Crippen LogP contribution is 2.16. The molecule has 17 heavy (non-hydrogen) atoms. The van der Waals surface area contributed by atoms with E-state index in [0.717, 1.165) is 45.4 Å². The zero-order chi connectivity index (χ0) is 11.9. The summed E-state index contributed by atoms with van der Waals surface area (Å²) in [6, 6.07) is 0.629. The Bertz CT molecular complexity index is 301. The van der Waals surface area contributed by atoms with Gasteiger partial charge in [-0.1, -0.05) is 12.1 Å². The third-order valence-electron chi connectivity index (χ3n) is 3.29. The Hall–Kier alpha value is -0.940. The van der Waals surface area contributed by atoms with E-state index in [1.54, 1.807) is 6.20 Å². The van der Waals surface area contributed by atoms with Crippen LogP contribution in [0.4, 0.5) is 0 Å². The first-order chi connectivity index (χ1) is 8.38. The highest BCUT2D eigenvalue weighted by Gasteiger charge is 2.20. The van der Waals surface area contributed by atoms with Crippen molar-refractivity contribution >= 4 is 0 Å². The molecule has 0 spiro atoms. The van der Waals surface area contributed by atoms with Gasteiger partial charge in [-0.2, -0.15) is 0 Å². The molecule has 5 heteroatoms. The molecule has 96 valence electrons. The second-order valence-electron chi connectivity index (χ2n) is 4.60. The number of nitrogens with one attached hydrogen (secondary N) is 1. The molecule has 0 amide bonds. The van der Waals surface area contributed by atoms with Gasteiger partial charge in [-0.25, -0.2) is 0 Å². The Labute approximate surface area is 103 Å². The Balaban J connectivity index is 1.58. The van der Waals surface area contributed by atoms with Gasteiger partial charge in [0, 0.05) is 25.4 Å². The molecule has 2 unspecified atom stereocenters. The Morgan fingerprint density at radius 2 is 2.47 bits per heavy atom. The summed E-state index contributed by atoms with van der Waals surface area (Å²) in [5.41, 5.74) is 0. The van der Waals surface area contributed by atoms with Crippen molar-refractivity contribution in [1.82, 2.24) is 20.3 Å². The maximum atomic E-state index is 5.66. The van der Waals surface area contributed by atoms with Crippen LogP contribution in [0.15, 0.2) is 12.4 Å². The Morgan fingerprint density at radius 1 is 1.53 bits per heavy atom. The molecule has 1 aromatic rings. The maximum Gasteiger partial charge on any atom is 0.0692 e. The van der Waals surface area contributed by atoms with Crippen LogP contribution in [0.1, 0.15) is 32.6 Å². The summed E-state index contributed by atoms with van der Waals surface area (Å²) in [6.45, 7) is 5.07. The van der Waals surface area contributed by atoms with E-state index in [0.29, 0.717) is 12.1 Å². The topological polar surface area (TPSA) is 52.0 Å². The lowest BCUT2D eigenvalue weighted by molar-refractivity contribution is -0.0000284. The van der Waals surface area contributed by atoms with Gasteiger partial charge >= 0.3 is 0 Å². The summed E-state index contributed by atoms with van der Waals surface area (Å²) in [7, 11) is 0. The zero-order valence-electron chi connectivity index (χ0n) is 10.5. The van der Waals surface area contributed by atoms with Crippen LogP contribution in [0.25, 0.3) is 0 Å². The van der Waals surface area contributed by atoms with E-state index in [2.05, 4.69) is 22.6 Å². The third-order valence-corrected chi connectivity index (χ3v) is 3.29. The van der Waals surface area contributed by atoms with Crippen molar-refractivity contribution in [2.24, 2.45) is 0 Å². The van der Waals surface area contributed by atoms with Crippen molar-refractivity contribution in [2.75, 3.05) is 13.2 Å². The summed E-state index contributed by atoms with van der Waals surface area (Å²) in [6.07, 6.45) is 8.59. The lowest BCUT2D eigenvalue weighted by atomic mass is 10.0. The molecule has 0 bridgehead atoms. The van der Waals surface area contributed by atoms with E-state index in [1.165, 1.54) is 0 Å². The molecule has 1 fully saturated rings. The van der Waals surface area contributed by atoms with Gasteiger partial charge in [0.15, 0.2) is 0 Å². The Kier molecular flexibility index (Phi) is 4.94. The van der Waals surface area contributed by atoms with Crippen LogP contribution in [0.3, 0.4) is 0 Å². The van der Waals surface area contributed by atoms with Crippen molar-refractivity contribution < 1.29 is 4.74 Å². The van der Waals surface area contributed by atoms with Crippen LogP contribution in [-0.4, -0.2) is 40.3 Å². The van der Waals surface area contributed by atoms with Gasteiger partial charge in [-0.3, -0.25) is 4.68 Å². The van der Waals surface area contributed by atoms with Crippen LogP contribution < -0.4 is 5.32 Å². The number of hydrogen-bond acceptors (Lipinski definition) is 4. The Morgan fingerprint density at radius 3 is 3.24 bits per heavy atom. The van der Waals surface area contributed by atoms with Crippen LogP contribution in [0.2, 0.25) is 0 Å². The molecule has 0 aromatic carbocycles. The summed E-state index contributed by atoms with van der Waals surface area (Å²) < 4.78 is 7.54. The largest absolute Gasteiger partial charge is 0.378 e. The van der Waals surface area contributed by atoms with Gasteiger partial charge in [0.25, 0.3) is 0 Å². The number of hydrogen-bond donors (Lipinski definition) is 1. The molecule has 0 saturated carbocycles. The monoisotopic (exact) mass is 238 g/mol. The van der Waals surface area contributed by atoms with E-state index in [4.69, 9.17) is 4.74 Å². The fraction of sp³-hybridized carbons (Fsp3) is 0.833. The molecule has 1 N–H and O–H groups in total. The van der Waals surface area contributed by atoms with Crippen LogP contribution in [0, 0.1) is 0 Å². The van der Waals surface area contributed by atoms with Gasteiger partial charge < -0.3 is 10.1 Å². The molecule has 2 rings (SSSR count). The zero-order valence-corrected chi connectivity index (χ0v) is 10.5. The minimum atomic E-state index is 0.455. The van der Waals surface area contributed by atoms with Gasteiger partial charge in [0.05, 0.1) is 12.3 Å². The molecule has 1 aliphatic heterocycles. The van der Waals surface area contributed by atoms with E-state index >= 15 is 0 Å². The van der Waals surface area contributed by atoms with E-state index in [-0.39, 0.29) is 0 Å². The third kappa shape index (κ3) is 4.09. The molecule has 2 heterocycles. The molecule has 2 atom stereocenters. The summed E-state index contributed by atoms with van der Waals surface area (Å²) in [5.74, 6) is 0. The van der Waals surface area contributed by atoms with Gasteiger partial charge in [0.2, 0.25) is 0 Å². The highest BCUT2D eigenvalue weighted by atomic mass is 16.5. The van der Waals surface area contributed by atoms with Crippen molar-refractivity contribution in [2.45, 2.75) is 51.3 Å². The number of nitrogens with zero attached hydrogens (tertiary/aromatic N) is 3. The molecule has 1 saturated heterocycles. The van der Waals surface area contributed by atoms with Crippen LogP contribution in [-0.2, 0) is 11.3 Å². The minimum Gasteiger partial charge on any atom is -0.378 e. The fourth-order valence-corrected chi connectivity index (χ4v) is 2.25. The molecule has 0 aliphatic carbocycles. The number of rotatable bonds is 6. The second-order valence-corrected chi connectivity index (χ2v) is 4.60. The van der Waals surface area contributed by atoms with E-state index < -0.39 is 0 Å².